The minimum Gasteiger partial charge on any atom is -0.379 e. The smallest absolute Gasteiger partial charge is 0.163 e. The second-order valence-corrected chi connectivity index (χ2v) is 5.53. The average Bonchev–Trinajstić information content (AvgIpc) is 2.41. The van der Waals surface area contributed by atoms with Crippen molar-refractivity contribution in [3.8, 4) is 0 Å². The third-order valence-corrected chi connectivity index (χ3v) is 3.99. The van der Waals surface area contributed by atoms with Crippen LogP contribution in [0.3, 0.4) is 0 Å². The Bertz CT molecular complexity index is 496. The first-order valence-corrected chi connectivity index (χ1v) is 6.83. The summed E-state index contributed by atoms with van der Waals surface area (Å²) in [6, 6.07) is 9.67. The molecule has 3 atom stereocenters. The summed E-state index contributed by atoms with van der Waals surface area (Å²) in [7, 11) is 0. The minimum absolute atomic E-state index is 0.0246. The molecule has 0 spiro atoms. The van der Waals surface area contributed by atoms with Crippen LogP contribution >= 0.6 is 0 Å². The molecule has 1 N–H and O–H groups in total. The van der Waals surface area contributed by atoms with Gasteiger partial charge in [0.25, 0.3) is 0 Å². The molecule has 0 aromatic heterocycles. The van der Waals surface area contributed by atoms with Crippen LogP contribution in [0.15, 0.2) is 30.3 Å². The van der Waals surface area contributed by atoms with E-state index in [-0.39, 0.29) is 30.7 Å². The van der Waals surface area contributed by atoms with Gasteiger partial charge in [0.2, 0.25) is 0 Å². The van der Waals surface area contributed by atoms with E-state index in [1.807, 2.05) is 30.3 Å². The van der Waals surface area contributed by atoms with E-state index < -0.39 is 11.5 Å². The molecule has 20 heavy (non-hydrogen) atoms. The number of rotatable bonds is 4. The lowest BCUT2D eigenvalue weighted by atomic mass is 9.75. The maximum Gasteiger partial charge on any atom is 0.163 e. The number of hydrogen-bond donors (Lipinski definition) is 1. The Kier molecular flexibility index (Phi) is 4.35. The fourth-order valence-corrected chi connectivity index (χ4v) is 2.76. The predicted molar refractivity (Wildman–Crippen MR) is 74.2 cm³/mol. The number of ketones is 2. The van der Waals surface area contributed by atoms with Gasteiger partial charge in [0.15, 0.2) is 5.78 Å². The summed E-state index contributed by atoms with van der Waals surface area (Å²) in [4.78, 5) is 23.1. The van der Waals surface area contributed by atoms with Crippen molar-refractivity contribution in [2.45, 2.75) is 38.4 Å². The van der Waals surface area contributed by atoms with Gasteiger partial charge in [-0.05, 0) is 25.8 Å². The Morgan fingerprint density at radius 1 is 1.30 bits per heavy atom. The van der Waals surface area contributed by atoms with Gasteiger partial charge in [0, 0.05) is 12.3 Å². The summed E-state index contributed by atoms with van der Waals surface area (Å²) in [6.07, 6.45) is 0.489. The van der Waals surface area contributed by atoms with Gasteiger partial charge in [0.05, 0.1) is 12.7 Å². The number of hydrogen-bond acceptors (Lipinski definition) is 4. The molecule has 4 heteroatoms. The Morgan fingerprint density at radius 3 is 2.50 bits per heavy atom. The van der Waals surface area contributed by atoms with Crippen molar-refractivity contribution >= 4 is 11.6 Å². The summed E-state index contributed by atoms with van der Waals surface area (Å²) < 4.78 is 5.67. The normalized spacial score (nSPS) is 29.9. The highest BCUT2D eigenvalue weighted by Gasteiger charge is 2.47. The van der Waals surface area contributed by atoms with Crippen molar-refractivity contribution < 1.29 is 19.4 Å². The lowest BCUT2D eigenvalue weighted by molar-refractivity contribution is -0.175. The van der Waals surface area contributed by atoms with Gasteiger partial charge < -0.3 is 14.6 Å². The molecule has 4 nitrogen and oxygen atoms in total. The number of aliphatic hydroxyl groups is 1. The fraction of sp³-hybridized carbons (Fsp3) is 0.500. The lowest BCUT2D eigenvalue weighted by Crippen LogP contribution is -2.53. The molecule has 1 aromatic rings. The van der Waals surface area contributed by atoms with E-state index in [0.29, 0.717) is 6.42 Å². The zero-order valence-corrected chi connectivity index (χ0v) is 11.8. The lowest BCUT2D eigenvalue weighted by Gasteiger charge is -2.41. The second kappa shape index (κ2) is 5.85. The molecule has 1 saturated heterocycles. The van der Waals surface area contributed by atoms with Crippen LogP contribution in [0.4, 0.5) is 0 Å². The fourth-order valence-electron chi connectivity index (χ4n) is 2.76. The van der Waals surface area contributed by atoms with Gasteiger partial charge >= 0.3 is 0 Å². The molecule has 1 aliphatic heterocycles. The molecule has 0 saturated carbocycles. The van der Waals surface area contributed by atoms with Crippen molar-refractivity contribution in [2.75, 3.05) is 6.61 Å². The van der Waals surface area contributed by atoms with Crippen molar-refractivity contribution in [2.24, 2.45) is 5.92 Å². The van der Waals surface area contributed by atoms with Crippen LogP contribution in [-0.4, -0.2) is 28.9 Å². The quantitative estimate of drug-likeness (QED) is 0.914. The number of ether oxygens (including phenoxy) is 1. The van der Waals surface area contributed by atoms with E-state index in [0.717, 1.165) is 5.56 Å². The van der Waals surface area contributed by atoms with Crippen molar-refractivity contribution in [1.82, 2.24) is 0 Å². The maximum atomic E-state index is 11.7. The standard InChI is InChI=1S/C16H20O4/c1-11(17)8-14-9-15(13-6-4-3-5-7-13)20-10-16(14,19)12(2)18/h3-7,14-15,19H,8-10H2,1-2H3/t14-,15-,16-/m1/s1. The Labute approximate surface area is 118 Å². The molecule has 1 heterocycles. The zero-order chi connectivity index (χ0) is 14.8. The third-order valence-electron chi connectivity index (χ3n) is 3.99. The molecule has 1 aromatic carbocycles. The van der Waals surface area contributed by atoms with Crippen LogP contribution in [0, 0.1) is 5.92 Å². The Morgan fingerprint density at radius 2 is 1.95 bits per heavy atom. The van der Waals surface area contributed by atoms with Crippen LogP contribution in [0.25, 0.3) is 0 Å². The molecule has 108 valence electrons. The molecule has 1 aliphatic rings. The van der Waals surface area contributed by atoms with E-state index in [9.17, 15) is 14.7 Å². The third kappa shape index (κ3) is 2.97. The molecule has 1 fully saturated rings. The summed E-state index contributed by atoms with van der Waals surface area (Å²) in [6.45, 7) is 2.77. The molecule has 0 radical (unpaired) electrons. The first-order chi connectivity index (χ1) is 9.43. The van der Waals surface area contributed by atoms with Crippen LogP contribution in [0.1, 0.15) is 38.4 Å². The van der Waals surface area contributed by atoms with Gasteiger partial charge in [0.1, 0.15) is 11.4 Å². The van der Waals surface area contributed by atoms with Gasteiger partial charge in [-0.25, -0.2) is 0 Å². The molecule has 0 aliphatic carbocycles. The van der Waals surface area contributed by atoms with Crippen LogP contribution < -0.4 is 0 Å². The van der Waals surface area contributed by atoms with Crippen molar-refractivity contribution in [3.63, 3.8) is 0 Å². The van der Waals surface area contributed by atoms with Gasteiger partial charge in [-0.2, -0.15) is 0 Å². The highest BCUT2D eigenvalue weighted by Crippen LogP contribution is 2.39. The largest absolute Gasteiger partial charge is 0.379 e. The Balaban J connectivity index is 2.21. The van der Waals surface area contributed by atoms with Crippen LogP contribution in [-0.2, 0) is 14.3 Å². The van der Waals surface area contributed by atoms with Gasteiger partial charge in [-0.1, -0.05) is 30.3 Å². The molecule has 2 rings (SSSR count). The maximum absolute atomic E-state index is 11.7. The SMILES string of the molecule is CC(=O)C[C@@H]1C[C@H](c2ccccc2)OC[C@@]1(O)C(C)=O. The first kappa shape index (κ1) is 14.9. The van der Waals surface area contributed by atoms with Gasteiger partial charge in [-0.3, -0.25) is 4.79 Å². The zero-order valence-electron chi connectivity index (χ0n) is 11.8. The minimum atomic E-state index is -1.54. The number of carbonyl (C=O) groups is 2. The van der Waals surface area contributed by atoms with Crippen LogP contribution in [0.2, 0.25) is 0 Å². The van der Waals surface area contributed by atoms with E-state index in [4.69, 9.17) is 4.74 Å². The molecule has 0 amide bonds. The Hall–Kier alpha value is -1.52. The first-order valence-electron chi connectivity index (χ1n) is 6.83. The topological polar surface area (TPSA) is 63.6 Å². The molecule has 0 bridgehead atoms. The van der Waals surface area contributed by atoms with Crippen molar-refractivity contribution in [1.29, 1.82) is 0 Å². The van der Waals surface area contributed by atoms with Gasteiger partial charge in [-0.15, -0.1) is 0 Å². The van der Waals surface area contributed by atoms with E-state index in [2.05, 4.69) is 0 Å². The molecular weight excluding hydrogens is 256 g/mol. The van der Waals surface area contributed by atoms with E-state index in [1.165, 1.54) is 13.8 Å². The monoisotopic (exact) mass is 276 g/mol. The van der Waals surface area contributed by atoms with E-state index >= 15 is 0 Å². The molecule has 0 unspecified atom stereocenters. The highest BCUT2D eigenvalue weighted by molar-refractivity contribution is 5.86. The number of carbonyl (C=O) groups excluding carboxylic acids is 2. The summed E-state index contributed by atoms with van der Waals surface area (Å²) in [5, 5.41) is 10.5. The molecular formula is C16H20O4. The summed E-state index contributed by atoms with van der Waals surface area (Å²) in [5.74, 6) is -0.755. The second-order valence-electron chi connectivity index (χ2n) is 5.53. The summed E-state index contributed by atoms with van der Waals surface area (Å²) in [5.41, 5.74) is -0.539. The number of benzene rings is 1. The summed E-state index contributed by atoms with van der Waals surface area (Å²) >= 11 is 0. The van der Waals surface area contributed by atoms with Crippen molar-refractivity contribution in [3.05, 3.63) is 35.9 Å². The van der Waals surface area contributed by atoms with E-state index in [1.54, 1.807) is 0 Å². The predicted octanol–water partition coefficient (Wildman–Crippen LogP) is 2.06. The highest BCUT2D eigenvalue weighted by atomic mass is 16.5. The number of Topliss-reactive ketones (excluding diaryl/α,β-unsaturated/α-hetero) is 2. The average molecular weight is 276 g/mol. The van der Waals surface area contributed by atoms with Crippen LogP contribution in [0.5, 0.6) is 0 Å².